The number of hydrogen-bond donors (Lipinski definition) is 1. The van der Waals surface area contributed by atoms with Gasteiger partial charge in [0.1, 0.15) is 5.60 Å². The summed E-state index contributed by atoms with van der Waals surface area (Å²) in [5, 5.41) is 2.91. The van der Waals surface area contributed by atoms with Crippen LogP contribution in [0, 0.1) is 11.3 Å². The number of likely N-dealkylation sites (tertiary alicyclic amines) is 1. The topological polar surface area (TPSA) is 58.6 Å². The van der Waals surface area contributed by atoms with Crippen molar-refractivity contribution in [3.8, 4) is 0 Å². The van der Waals surface area contributed by atoms with Crippen LogP contribution in [0.2, 0.25) is 0 Å². The van der Waals surface area contributed by atoms with E-state index in [2.05, 4.69) is 5.32 Å². The molecule has 0 aromatic rings. The molecule has 1 aliphatic rings. The first-order chi connectivity index (χ1) is 8.49. The van der Waals surface area contributed by atoms with Crippen LogP contribution in [0.5, 0.6) is 0 Å². The molecule has 110 valence electrons. The Balaban J connectivity index is 2.24. The molecular weight excluding hydrogens is 244 g/mol. The number of carbonyl (C=O) groups excluding carboxylic acids is 2. The highest BCUT2D eigenvalue weighted by Crippen LogP contribution is 2.19. The number of hydrogen-bond acceptors (Lipinski definition) is 3. The lowest BCUT2D eigenvalue weighted by atomic mass is 9.94. The molecule has 1 saturated heterocycles. The van der Waals surface area contributed by atoms with Crippen molar-refractivity contribution in [1.82, 2.24) is 10.2 Å². The van der Waals surface area contributed by atoms with E-state index in [9.17, 15) is 9.59 Å². The van der Waals surface area contributed by atoms with Gasteiger partial charge in [0.15, 0.2) is 0 Å². The summed E-state index contributed by atoms with van der Waals surface area (Å²) >= 11 is 0. The predicted octanol–water partition coefficient (Wildman–Crippen LogP) is 2.02. The van der Waals surface area contributed by atoms with E-state index in [1.807, 2.05) is 41.5 Å². The Morgan fingerprint density at radius 1 is 1.16 bits per heavy atom. The summed E-state index contributed by atoms with van der Waals surface area (Å²) in [6.45, 7) is 13.1. The third-order valence-electron chi connectivity index (χ3n) is 2.84. The number of amides is 2. The van der Waals surface area contributed by atoms with Crippen LogP contribution in [0.15, 0.2) is 0 Å². The van der Waals surface area contributed by atoms with Crippen molar-refractivity contribution in [3.05, 3.63) is 0 Å². The largest absolute Gasteiger partial charge is 0.444 e. The first-order valence-corrected chi connectivity index (χ1v) is 6.75. The van der Waals surface area contributed by atoms with Crippen LogP contribution in [-0.2, 0) is 9.53 Å². The maximum absolute atomic E-state index is 11.7. The average Bonchev–Trinajstić information content (AvgIpc) is 2.09. The second-order valence-corrected chi connectivity index (χ2v) is 7.21. The predicted molar refractivity (Wildman–Crippen MR) is 73.8 cm³/mol. The summed E-state index contributed by atoms with van der Waals surface area (Å²) in [5.41, 5.74) is -0.822. The molecule has 1 rings (SSSR count). The standard InChI is InChI=1S/C14H26N2O3/c1-13(2,3)11(17)15-7-10-8-16(9-10)12(18)19-14(4,5)6/h10H,7-9H2,1-6H3,(H,15,17). The molecule has 0 saturated carbocycles. The Labute approximate surface area is 115 Å². The van der Waals surface area contributed by atoms with E-state index in [4.69, 9.17) is 4.74 Å². The number of carbonyl (C=O) groups is 2. The molecule has 0 atom stereocenters. The molecule has 1 N–H and O–H groups in total. The Hall–Kier alpha value is -1.26. The molecule has 1 aliphatic heterocycles. The highest BCUT2D eigenvalue weighted by Gasteiger charge is 2.34. The molecular formula is C14H26N2O3. The molecule has 0 aromatic carbocycles. The first kappa shape index (κ1) is 15.8. The second kappa shape index (κ2) is 5.39. The maximum atomic E-state index is 11.7. The zero-order valence-electron chi connectivity index (χ0n) is 12.9. The SMILES string of the molecule is CC(C)(C)OC(=O)N1CC(CNC(=O)C(C)(C)C)C1. The summed E-state index contributed by atoms with van der Waals surface area (Å²) in [4.78, 5) is 25.1. The van der Waals surface area contributed by atoms with Crippen molar-refractivity contribution >= 4 is 12.0 Å². The molecule has 0 radical (unpaired) electrons. The van der Waals surface area contributed by atoms with Gasteiger partial charge >= 0.3 is 6.09 Å². The number of nitrogens with zero attached hydrogens (tertiary/aromatic N) is 1. The fraction of sp³-hybridized carbons (Fsp3) is 0.857. The molecule has 5 heteroatoms. The third kappa shape index (κ3) is 5.09. The summed E-state index contributed by atoms with van der Waals surface area (Å²) < 4.78 is 5.27. The molecule has 1 heterocycles. The first-order valence-electron chi connectivity index (χ1n) is 6.75. The number of rotatable bonds is 2. The Bertz CT molecular complexity index is 347. The van der Waals surface area contributed by atoms with Gasteiger partial charge in [-0.2, -0.15) is 0 Å². The van der Waals surface area contributed by atoms with Crippen LogP contribution in [0.4, 0.5) is 4.79 Å². The fourth-order valence-electron chi connectivity index (χ4n) is 1.68. The van der Waals surface area contributed by atoms with Crippen LogP contribution in [-0.4, -0.2) is 42.1 Å². The van der Waals surface area contributed by atoms with E-state index in [1.54, 1.807) is 4.90 Å². The monoisotopic (exact) mass is 270 g/mol. The van der Waals surface area contributed by atoms with Gasteiger partial charge in [-0.05, 0) is 20.8 Å². The third-order valence-corrected chi connectivity index (χ3v) is 2.84. The van der Waals surface area contributed by atoms with Crippen molar-refractivity contribution in [2.75, 3.05) is 19.6 Å². The lowest BCUT2D eigenvalue weighted by Gasteiger charge is -2.40. The van der Waals surface area contributed by atoms with Crippen LogP contribution in [0.25, 0.3) is 0 Å². The molecule has 0 aliphatic carbocycles. The number of ether oxygens (including phenoxy) is 1. The van der Waals surface area contributed by atoms with Crippen molar-refractivity contribution < 1.29 is 14.3 Å². The Morgan fingerprint density at radius 2 is 1.68 bits per heavy atom. The summed E-state index contributed by atoms with van der Waals surface area (Å²) in [6, 6.07) is 0. The Morgan fingerprint density at radius 3 is 2.11 bits per heavy atom. The van der Waals surface area contributed by atoms with Gasteiger partial charge in [0, 0.05) is 31.0 Å². The summed E-state index contributed by atoms with van der Waals surface area (Å²) in [6.07, 6.45) is -0.272. The highest BCUT2D eigenvalue weighted by atomic mass is 16.6. The molecule has 2 amide bonds. The van der Waals surface area contributed by atoms with Crippen LogP contribution >= 0.6 is 0 Å². The van der Waals surface area contributed by atoms with Gasteiger partial charge in [-0.15, -0.1) is 0 Å². The Kier molecular flexibility index (Phi) is 4.48. The molecule has 1 fully saturated rings. The van der Waals surface area contributed by atoms with Crippen LogP contribution in [0.3, 0.4) is 0 Å². The van der Waals surface area contributed by atoms with Gasteiger partial charge in [0.05, 0.1) is 0 Å². The van der Waals surface area contributed by atoms with Gasteiger partial charge in [0.25, 0.3) is 0 Å². The van der Waals surface area contributed by atoms with Crippen LogP contribution in [0.1, 0.15) is 41.5 Å². The normalized spacial score (nSPS) is 16.8. The fourth-order valence-corrected chi connectivity index (χ4v) is 1.68. The average molecular weight is 270 g/mol. The molecule has 0 bridgehead atoms. The molecule has 0 spiro atoms. The molecule has 0 aromatic heterocycles. The van der Waals surface area contributed by atoms with Crippen molar-refractivity contribution in [2.24, 2.45) is 11.3 Å². The van der Waals surface area contributed by atoms with E-state index in [-0.39, 0.29) is 17.4 Å². The minimum Gasteiger partial charge on any atom is -0.444 e. The summed E-state index contributed by atoms with van der Waals surface area (Å²) in [5.74, 6) is 0.377. The number of nitrogens with one attached hydrogen (secondary N) is 1. The van der Waals surface area contributed by atoms with Crippen molar-refractivity contribution in [1.29, 1.82) is 0 Å². The maximum Gasteiger partial charge on any atom is 0.410 e. The smallest absolute Gasteiger partial charge is 0.410 e. The van der Waals surface area contributed by atoms with Crippen molar-refractivity contribution in [2.45, 2.75) is 47.1 Å². The van der Waals surface area contributed by atoms with Crippen LogP contribution < -0.4 is 5.32 Å². The zero-order valence-corrected chi connectivity index (χ0v) is 12.9. The summed E-state index contributed by atoms with van der Waals surface area (Å²) in [7, 11) is 0. The minimum atomic E-state index is -0.456. The van der Waals surface area contributed by atoms with Gasteiger partial charge < -0.3 is 15.0 Å². The van der Waals surface area contributed by atoms with Gasteiger partial charge in [0.2, 0.25) is 5.91 Å². The van der Waals surface area contributed by atoms with E-state index < -0.39 is 5.60 Å². The molecule has 0 unspecified atom stereocenters. The van der Waals surface area contributed by atoms with E-state index in [1.165, 1.54) is 0 Å². The molecule has 19 heavy (non-hydrogen) atoms. The highest BCUT2D eigenvalue weighted by molar-refractivity contribution is 5.81. The van der Waals surface area contributed by atoms with Gasteiger partial charge in [-0.1, -0.05) is 20.8 Å². The van der Waals surface area contributed by atoms with Crippen molar-refractivity contribution in [3.63, 3.8) is 0 Å². The minimum absolute atomic E-state index is 0.0446. The second-order valence-electron chi connectivity index (χ2n) is 7.21. The zero-order chi connectivity index (χ0) is 14.8. The lowest BCUT2D eigenvalue weighted by molar-refractivity contribution is -0.128. The molecule has 5 nitrogen and oxygen atoms in total. The lowest BCUT2D eigenvalue weighted by Crippen LogP contribution is -2.55. The quantitative estimate of drug-likeness (QED) is 0.835. The van der Waals surface area contributed by atoms with Gasteiger partial charge in [-0.25, -0.2) is 4.79 Å². The van der Waals surface area contributed by atoms with Gasteiger partial charge in [-0.3, -0.25) is 4.79 Å². The van der Waals surface area contributed by atoms with E-state index in [0.29, 0.717) is 25.6 Å². The van der Waals surface area contributed by atoms with E-state index in [0.717, 1.165) is 0 Å². The van der Waals surface area contributed by atoms with E-state index >= 15 is 0 Å².